The second kappa shape index (κ2) is 4.92. The molecule has 0 radical (unpaired) electrons. The fraction of sp³-hybridized carbons (Fsp3) is 0.182. The maximum Gasteiger partial charge on any atom is 0.255 e. The summed E-state index contributed by atoms with van der Waals surface area (Å²) in [5, 5.41) is 5.47. The highest BCUT2D eigenvalue weighted by molar-refractivity contribution is 7.09. The van der Waals surface area contributed by atoms with Crippen molar-refractivity contribution in [2.24, 2.45) is 0 Å². The Bertz CT molecular complexity index is 524. The molecule has 0 unspecified atom stereocenters. The Balaban J connectivity index is 2.04. The molecule has 0 fully saturated rings. The summed E-state index contributed by atoms with van der Waals surface area (Å²) in [6.45, 7) is 2.23. The second-order valence-electron chi connectivity index (χ2n) is 3.52. The molecule has 0 aromatic carbocycles. The molecule has 0 aliphatic rings. The van der Waals surface area contributed by atoms with Gasteiger partial charge in [0, 0.05) is 29.2 Å². The molecule has 6 heteroatoms. The Morgan fingerprint density at radius 3 is 3.00 bits per heavy atom. The number of aromatic nitrogens is 2. The number of nitrogens with two attached hydrogens (primary N) is 1. The molecule has 88 valence electrons. The Hall–Kier alpha value is -1.95. The average Bonchev–Trinajstić information content (AvgIpc) is 2.78. The van der Waals surface area contributed by atoms with E-state index in [4.69, 9.17) is 5.73 Å². The van der Waals surface area contributed by atoms with Crippen molar-refractivity contribution in [1.29, 1.82) is 0 Å². The first kappa shape index (κ1) is 11.5. The highest BCUT2D eigenvalue weighted by Gasteiger charge is 2.10. The third-order valence-corrected chi connectivity index (χ3v) is 2.98. The summed E-state index contributed by atoms with van der Waals surface area (Å²) >= 11 is 1.49. The number of hydrogen-bond donors (Lipinski definition) is 2. The van der Waals surface area contributed by atoms with E-state index < -0.39 is 0 Å². The van der Waals surface area contributed by atoms with Crippen LogP contribution in [0.1, 0.15) is 21.1 Å². The van der Waals surface area contributed by atoms with E-state index in [0.717, 1.165) is 10.7 Å². The zero-order valence-electron chi connectivity index (χ0n) is 9.30. The Kier molecular flexibility index (Phi) is 3.34. The zero-order valence-corrected chi connectivity index (χ0v) is 10.1. The van der Waals surface area contributed by atoms with E-state index in [1.54, 1.807) is 12.3 Å². The summed E-state index contributed by atoms with van der Waals surface area (Å²) in [6, 6.07) is 1.68. The smallest absolute Gasteiger partial charge is 0.255 e. The summed E-state index contributed by atoms with van der Waals surface area (Å²) in [4.78, 5) is 19.9. The van der Waals surface area contributed by atoms with Crippen LogP contribution in [-0.4, -0.2) is 15.9 Å². The molecule has 0 aliphatic carbocycles. The normalized spacial score (nSPS) is 10.2. The number of pyridine rings is 1. The third-order valence-electron chi connectivity index (χ3n) is 2.20. The van der Waals surface area contributed by atoms with E-state index in [-0.39, 0.29) is 5.91 Å². The topological polar surface area (TPSA) is 80.9 Å². The first-order chi connectivity index (χ1) is 8.16. The maximum atomic E-state index is 11.8. The Morgan fingerprint density at radius 2 is 2.35 bits per heavy atom. The second-order valence-corrected chi connectivity index (χ2v) is 4.50. The van der Waals surface area contributed by atoms with Gasteiger partial charge in [0.1, 0.15) is 5.01 Å². The van der Waals surface area contributed by atoms with E-state index in [2.05, 4.69) is 15.3 Å². The molecule has 1 amide bonds. The SMILES string of the molecule is Cc1cc(N)c(C(=O)NCc2nccs2)cn1. The van der Waals surface area contributed by atoms with Gasteiger partial charge in [0.15, 0.2) is 0 Å². The van der Waals surface area contributed by atoms with E-state index in [1.165, 1.54) is 17.5 Å². The van der Waals surface area contributed by atoms with Crippen LogP contribution in [0.4, 0.5) is 5.69 Å². The van der Waals surface area contributed by atoms with Gasteiger partial charge in [-0.15, -0.1) is 11.3 Å². The lowest BCUT2D eigenvalue weighted by atomic mass is 10.2. The Labute approximate surface area is 103 Å². The summed E-state index contributed by atoms with van der Waals surface area (Å²) < 4.78 is 0. The number of thiazole rings is 1. The molecular formula is C11H12N4OS. The summed E-state index contributed by atoms with van der Waals surface area (Å²) in [7, 11) is 0. The summed E-state index contributed by atoms with van der Waals surface area (Å²) in [5.74, 6) is -0.231. The predicted molar refractivity (Wildman–Crippen MR) is 66.7 cm³/mol. The van der Waals surface area contributed by atoms with Crippen molar-refractivity contribution in [3.05, 3.63) is 40.1 Å². The number of nitrogen functional groups attached to an aromatic ring is 1. The molecule has 5 nitrogen and oxygen atoms in total. The molecule has 2 aromatic heterocycles. The van der Waals surface area contributed by atoms with Crippen LogP contribution >= 0.6 is 11.3 Å². The standard InChI is InChI=1S/C11H12N4OS/c1-7-4-9(12)8(5-14-7)11(16)15-6-10-13-2-3-17-10/h2-5H,6H2,1H3,(H2,12,14)(H,15,16). The number of carbonyl (C=O) groups is 1. The minimum absolute atomic E-state index is 0.231. The number of carbonyl (C=O) groups excluding carboxylic acids is 1. The van der Waals surface area contributed by atoms with Gasteiger partial charge in [-0.3, -0.25) is 9.78 Å². The molecule has 2 heterocycles. The van der Waals surface area contributed by atoms with Gasteiger partial charge in [-0.05, 0) is 13.0 Å². The lowest BCUT2D eigenvalue weighted by molar-refractivity contribution is 0.0951. The van der Waals surface area contributed by atoms with Crippen molar-refractivity contribution in [3.63, 3.8) is 0 Å². The molecular weight excluding hydrogens is 236 g/mol. The van der Waals surface area contributed by atoms with Crippen molar-refractivity contribution < 1.29 is 4.79 Å². The third kappa shape index (κ3) is 2.79. The largest absolute Gasteiger partial charge is 0.398 e. The van der Waals surface area contributed by atoms with Gasteiger partial charge in [0.2, 0.25) is 0 Å². The predicted octanol–water partition coefficient (Wildman–Crippen LogP) is 1.36. The van der Waals surface area contributed by atoms with Crippen LogP contribution in [-0.2, 0) is 6.54 Å². The van der Waals surface area contributed by atoms with Crippen molar-refractivity contribution >= 4 is 22.9 Å². The number of anilines is 1. The molecule has 2 aromatic rings. The molecule has 0 spiro atoms. The lowest BCUT2D eigenvalue weighted by Crippen LogP contribution is -2.24. The van der Waals surface area contributed by atoms with E-state index in [1.807, 2.05) is 12.3 Å². The molecule has 3 N–H and O–H groups in total. The van der Waals surface area contributed by atoms with Gasteiger partial charge in [-0.1, -0.05) is 0 Å². The van der Waals surface area contributed by atoms with Gasteiger partial charge in [0.05, 0.1) is 12.1 Å². The number of nitrogens with one attached hydrogen (secondary N) is 1. The highest BCUT2D eigenvalue weighted by atomic mass is 32.1. The molecule has 0 atom stereocenters. The van der Waals surface area contributed by atoms with Crippen molar-refractivity contribution in [1.82, 2.24) is 15.3 Å². The Morgan fingerprint density at radius 1 is 1.53 bits per heavy atom. The van der Waals surface area contributed by atoms with E-state index >= 15 is 0 Å². The molecule has 0 bridgehead atoms. The number of hydrogen-bond acceptors (Lipinski definition) is 5. The summed E-state index contributed by atoms with van der Waals surface area (Å²) in [6.07, 6.45) is 3.19. The van der Waals surface area contributed by atoms with Crippen LogP contribution in [0.25, 0.3) is 0 Å². The van der Waals surface area contributed by atoms with Gasteiger partial charge in [-0.25, -0.2) is 4.98 Å². The van der Waals surface area contributed by atoms with Crippen molar-refractivity contribution in [2.45, 2.75) is 13.5 Å². The van der Waals surface area contributed by atoms with Crippen molar-refractivity contribution in [3.8, 4) is 0 Å². The van der Waals surface area contributed by atoms with Gasteiger partial charge in [-0.2, -0.15) is 0 Å². The van der Waals surface area contributed by atoms with Gasteiger partial charge >= 0.3 is 0 Å². The molecule has 0 saturated heterocycles. The lowest BCUT2D eigenvalue weighted by Gasteiger charge is -2.06. The molecule has 2 rings (SSSR count). The fourth-order valence-corrected chi connectivity index (χ4v) is 1.92. The van der Waals surface area contributed by atoms with Crippen LogP contribution in [0, 0.1) is 6.92 Å². The maximum absolute atomic E-state index is 11.8. The highest BCUT2D eigenvalue weighted by Crippen LogP contribution is 2.11. The average molecular weight is 248 g/mol. The van der Waals surface area contributed by atoms with Crippen molar-refractivity contribution in [2.75, 3.05) is 5.73 Å². The monoisotopic (exact) mass is 248 g/mol. The zero-order chi connectivity index (χ0) is 12.3. The minimum atomic E-state index is -0.231. The molecule has 0 saturated carbocycles. The molecule has 17 heavy (non-hydrogen) atoms. The first-order valence-electron chi connectivity index (χ1n) is 5.05. The number of nitrogens with zero attached hydrogens (tertiary/aromatic N) is 2. The quantitative estimate of drug-likeness (QED) is 0.859. The van der Waals surface area contributed by atoms with Crippen LogP contribution in [0.2, 0.25) is 0 Å². The van der Waals surface area contributed by atoms with Crippen LogP contribution < -0.4 is 11.1 Å². The van der Waals surface area contributed by atoms with Crippen LogP contribution in [0.5, 0.6) is 0 Å². The van der Waals surface area contributed by atoms with Gasteiger partial charge in [0.25, 0.3) is 5.91 Å². The number of aryl methyl sites for hydroxylation is 1. The number of amides is 1. The van der Waals surface area contributed by atoms with Crippen LogP contribution in [0.15, 0.2) is 23.8 Å². The van der Waals surface area contributed by atoms with Crippen LogP contribution in [0.3, 0.4) is 0 Å². The van der Waals surface area contributed by atoms with Gasteiger partial charge < -0.3 is 11.1 Å². The number of rotatable bonds is 3. The fourth-order valence-electron chi connectivity index (χ4n) is 1.36. The van der Waals surface area contributed by atoms with E-state index in [0.29, 0.717) is 17.8 Å². The first-order valence-corrected chi connectivity index (χ1v) is 5.93. The molecule has 0 aliphatic heterocycles. The minimum Gasteiger partial charge on any atom is -0.398 e. The summed E-state index contributed by atoms with van der Waals surface area (Å²) in [5.41, 5.74) is 7.38. The van der Waals surface area contributed by atoms with E-state index in [9.17, 15) is 4.79 Å².